The summed E-state index contributed by atoms with van der Waals surface area (Å²) in [4.78, 5) is 2.56. The molecule has 0 aliphatic carbocycles. The molecule has 1 aliphatic rings. The first-order chi connectivity index (χ1) is 16.7. The standard InChI is InChI=1S/C31H37NO2/c1-2-13-25-14-9-10-19-29(25)30-24-28(20-22-32(30)21-11-12-23-33)31(34,26-15-5-3-6-16-26)27-17-7-4-8-18-27/h2-10,14-19,28,30,33-34H,1,11-13,20-24H2. The van der Waals surface area contributed by atoms with Gasteiger partial charge >= 0.3 is 0 Å². The van der Waals surface area contributed by atoms with Gasteiger partial charge in [-0.15, -0.1) is 6.58 Å². The Morgan fingerprint density at radius 3 is 2.12 bits per heavy atom. The van der Waals surface area contributed by atoms with Crippen LogP contribution in [0.4, 0.5) is 0 Å². The van der Waals surface area contributed by atoms with Crippen LogP contribution in [-0.4, -0.2) is 34.8 Å². The van der Waals surface area contributed by atoms with Gasteiger partial charge in [-0.3, -0.25) is 4.90 Å². The predicted molar refractivity (Wildman–Crippen MR) is 140 cm³/mol. The number of piperidine rings is 1. The third-order valence-corrected chi connectivity index (χ3v) is 7.36. The zero-order valence-corrected chi connectivity index (χ0v) is 20.0. The number of aliphatic hydroxyl groups is 2. The van der Waals surface area contributed by atoms with Gasteiger partial charge in [0.15, 0.2) is 0 Å². The molecular formula is C31H37NO2. The van der Waals surface area contributed by atoms with Gasteiger partial charge < -0.3 is 10.2 Å². The van der Waals surface area contributed by atoms with Crippen molar-refractivity contribution in [2.45, 2.75) is 43.7 Å². The first kappa shape index (κ1) is 24.4. The third-order valence-electron chi connectivity index (χ3n) is 7.36. The summed E-state index contributed by atoms with van der Waals surface area (Å²) in [6.45, 7) is 6.08. The molecule has 2 atom stereocenters. The molecule has 2 N–H and O–H groups in total. The summed E-state index contributed by atoms with van der Waals surface area (Å²) in [5.41, 5.74) is 3.50. The Morgan fingerprint density at radius 1 is 0.882 bits per heavy atom. The van der Waals surface area contributed by atoms with Crippen molar-refractivity contribution in [2.24, 2.45) is 5.92 Å². The minimum absolute atomic E-state index is 0.0770. The van der Waals surface area contributed by atoms with Crippen LogP contribution < -0.4 is 0 Å². The Bertz CT molecular complexity index is 994. The summed E-state index contributed by atoms with van der Waals surface area (Å²) >= 11 is 0. The number of likely N-dealkylation sites (tertiary alicyclic amines) is 1. The average molecular weight is 456 g/mol. The summed E-state index contributed by atoms with van der Waals surface area (Å²) in [6, 6.07) is 29.2. The molecule has 1 fully saturated rings. The van der Waals surface area contributed by atoms with E-state index in [0.717, 1.165) is 56.3 Å². The van der Waals surface area contributed by atoms with Crippen LogP contribution in [0.15, 0.2) is 97.6 Å². The van der Waals surface area contributed by atoms with Gasteiger partial charge in [0.05, 0.1) is 0 Å². The second-order valence-corrected chi connectivity index (χ2v) is 9.39. The van der Waals surface area contributed by atoms with Crippen LogP contribution in [0.5, 0.6) is 0 Å². The molecule has 2 unspecified atom stereocenters. The van der Waals surface area contributed by atoms with E-state index >= 15 is 0 Å². The van der Waals surface area contributed by atoms with E-state index in [1.54, 1.807) is 0 Å². The van der Waals surface area contributed by atoms with Crippen LogP contribution in [-0.2, 0) is 12.0 Å². The molecule has 4 rings (SSSR count). The Morgan fingerprint density at radius 2 is 1.50 bits per heavy atom. The van der Waals surface area contributed by atoms with E-state index < -0.39 is 5.60 Å². The lowest BCUT2D eigenvalue weighted by atomic mass is 9.69. The van der Waals surface area contributed by atoms with Gasteiger partial charge in [0.2, 0.25) is 0 Å². The van der Waals surface area contributed by atoms with Gasteiger partial charge in [0.25, 0.3) is 0 Å². The molecule has 1 saturated heterocycles. The highest BCUT2D eigenvalue weighted by Crippen LogP contribution is 2.47. The van der Waals surface area contributed by atoms with Crippen LogP contribution >= 0.6 is 0 Å². The molecule has 0 aromatic heterocycles. The van der Waals surface area contributed by atoms with E-state index in [1.165, 1.54) is 11.1 Å². The number of rotatable bonds is 10. The van der Waals surface area contributed by atoms with Crippen molar-refractivity contribution in [3.63, 3.8) is 0 Å². The molecule has 178 valence electrons. The number of benzene rings is 3. The minimum Gasteiger partial charge on any atom is -0.396 e. The zero-order valence-electron chi connectivity index (χ0n) is 20.0. The van der Waals surface area contributed by atoms with Gasteiger partial charge in [0, 0.05) is 12.6 Å². The summed E-state index contributed by atoms with van der Waals surface area (Å²) in [7, 11) is 0. The normalized spacial score (nSPS) is 19.1. The first-order valence-electron chi connectivity index (χ1n) is 12.6. The second kappa shape index (κ2) is 11.6. The maximum absolute atomic E-state index is 12.4. The van der Waals surface area contributed by atoms with Crippen molar-refractivity contribution < 1.29 is 10.2 Å². The third kappa shape index (κ3) is 5.17. The van der Waals surface area contributed by atoms with Crippen molar-refractivity contribution in [2.75, 3.05) is 19.7 Å². The van der Waals surface area contributed by atoms with E-state index in [0.29, 0.717) is 0 Å². The molecule has 1 heterocycles. The SMILES string of the molecule is C=CCc1ccccc1C1CC(C(O)(c2ccccc2)c2ccccc2)CCN1CCCCO. The van der Waals surface area contributed by atoms with E-state index in [2.05, 4.69) is 60.0 Å². The van der Waals surface area contributed by atoms with Crippen molar-refractivity contribution in [3.8, 4) is 0 Å². The van der Waals surface area contributed by atoms with E-state index in [9.17, 15) is 10.2 Å². The second-order valence-electron chi connectivity index (χ2n) is 9.39. The van der Waals surface area contributed by atoms with E-state index in [4.69, 9.17) is 0 Å². The molecular weight excluding hydrogens is 418 g/mol. The summed E-state index contributed by atoms with van der Waals surface area (Å²) in [5.74, 6) is 0.0770. The Kier molecular flexibility index (Phi) is 8.34. The lowest BCUT2D eigenvalue weighted by Gasteiger charge is -2.46. The van der Waals surface area contributed by atoms with Crippen molar-refractivity contribution in [3.05, 3.63) is 120 Å². The van der Waals surface area contributed by atoms with Gasteiger partial charge in [-0.2, -0.15) is 0 Å². The first-order valence-corrected chi connectivity index (χ1v) is 12.6. The maximum Gasteiger partial charge on any atom is 0.118 e. The average Bonchev–Trinajstić information content (AvgIpc) is 2.90. The fourth-order valence-electron chi connectivity index (χ4n) is 5.63. The van der Waals surface area contributed by atoms with Crippen LogP contribution in [0.2, 0.25) is 0 Å². The molecule has 34 heavy (non-hydrogen) atoms. The van der Waals surface area contributed by atoms with Crippen LogP contribution in [0.1, 0.15) is 54.0 Å². The molecule has 3 nitrogen and oxygen atoms in total. The van der Waals surface area contributed by atoms with Gasteiger partial charge in [-0.05, 0) is 73.4 Å². The Balaban J connectivity index is 1.73. The minimum atomic E-state index is -1.05. The van der Waals surface area contributed by atoms with Gasteiger partial charge in [0.1, 0.15) is 5.60 Å². The van der Waals surface area contributed by atoms with Gasteiger partial charge in [-0.1, -0.05) is 91.0 Å². The van der Waals surface area contributed by atoms with E-state index in [1.807, 2.05) is 42.5 Å². The van der Waals surface area contributed by atoms with Crippen molar-refractivity contribution >= 4 is 0 Å². The number of unbranched alkanes of at least 4 members (excludes halogenated alkanes) is 1. The number of nitrogens with zero attached hydrogens (tertiary/aromatic N) is 1. The molecule has 3 heteroatoms. The largest absolute Gasteiger partial charge is 0.396 e. The van der Waals surface area contributed by atoms with Crippen LogP contribution in [0.25, 0.3) is 0 Å². The topological polar surface area (TPSA) is 43.7 Å². The number of aliphatic hydroxyl groups excluding tert-OH is 1. The Labute approximate surface area is 204 Å². The highest BCUT2D eigenvalue weighted by molar-refractivity contribution is 5.38. The zero-order chi connectivity index (χ0) is 23.8. The molecule has 3 aromatic rings. The van der Waals surface area contributed by atoms with E-state index in [-0.39, 0.29) is 18.6 Å². The summed E-state index contributed by atoms with van der Waals surface area (Å²) in [6.07, 6.45) is 6.39. The number of hydrogen-bond acceptors (Lipinski definition) is 3. The molecule has 0 bridgehead atoms. The molecule has 1 aliphatic heterocycles. The summed E-state index contributed by atoms with van der Waals surface area (Å²) in [5, 5.41) is 21.8. The molecule has 0 saturated carbocycles. The van der Waals surface area contributed by atoms with Gasteiger partial charge in [-0.25, -0.2) is 0 Å². The number of allylic oxidation sites excluding steroid dienone is 1. The lowest BCUT2D eigenvalue weighted by Crippen LogP contribution is -2.46. The fourth-order valence-corrected chi connectivity index (χ4v) is 5.63. The Hall–Kier alpha value is -2.72. The predicted octanol–water partition coefficient (Wildman–Crippen LogP) is 5.88. The molecule has 3 aromatic carbocycles. The quantitative estimate of drug-likeness (QED) is 0.296. The summed E-state index contributed by atoms with van der Waals surface area (Å²) < 4.78 is 0. The van der Waals surface area contributed by atoms with Crippen LogP contribution in [0.3, 0.4) is 0 Å². The smallest absolute Gasteiger partial charge is 0.118 e. The molecule has 0 spiro atoms. The molecule has 0 radical (unpaired) electrons. The van der Waals surface area contributed by atoms with Crippen molar-refractivity contribution in [1.29, 1.82) is 0 Å². The maximum atomic E-state index is 12.4. The lowest BCUT2D eigenvalue weighted by molar-refractivity contribution is -0.0320. The van der Waals surface area contributed by atoms with Crippen molar-refractivity contribution in [1.82, 2.24) is 4.90 Å². The van der Waals surface area contributed by atoms with Crippen LogP contribution in [0, 0.1) is 5.92 Å². The highest BCUT2D eigenvalue weighted by atomic mass is 16.3. The fraction of sp³-hybridized carbons (Fsp3) is 0.355. The molecule has 0 amide bonds. The highest BCUT2D eigenvalue weighted by Gasteiger charge is 2.44. The number of hydrogen-bond donors (Lipinski definition) is 2. The monoisotopic (exact) mass is 455 g/mol.